The molecule has 3 rings (SSSR count). The average molecular weight is 327 g/mol. The smallest absolute Gasteiger partial charge is 0.328 e. The van der Waals surface area contributed by atoms with Gasteiger partial charge >= 0.3 is 5.97 Å². The van der Waals surface area contributed by atoms with Crippen molar-refractivity contribution in [3.63, 3.8) is 0 Å². The van der Waals surface area contributed by atoms with Gasteiger partial charge in [-0.1, -0.05) is 12.1 Å². The Morgan fingerprint density at radius 3 is 2.71 bits per heavy atom. The maximum absolute atomic E-state index is 12.7. The number of fused-ring (bicyclic) bond motifs is 1. The second-order valence-corrected chi connectivity index (χ2v) is 4.93. The van der Waals surface area contributed by atoms with Crippen LogP contribution in [0.15, 0.2) is 59.2 Å². The molecule has 0 aliphatic carbocycles. The molecule has 0 radical (unpaired) electrons. The number of hydrogen-bond acceptors (Lipinski definition) is 5. The van der Waals surface area contributed by atoms with Gasteiger partial charge in [-0.05, 0) is 24.3 Å². The van der Waals surface area contributed by atoms with Crippen LogP contribution in [0.4, 0.5) is 5.69 Å². The van der Waals surface area contributed by atoms with Gasteiger partial charge in [-0.2, -0.15) is 0 Å². The van der Waals surface area contributed by atoms with Gasteiger partial charge < -0.3 is 14.8 Å². The molecule has 2 amide bonds. The van der Waals surface area contributed by atoms with Crippen LogP contribution in [0.3, 0.4) is 0 Å². The number of aliphatic carboxylic acids is 1. The summed E-state index contributed by atoms with van der Waals surface area (Å²) in [6, 6.07) is 10.2. The van der Waals surface area contributed by atoms with E-state index in [4.69, 9.17) is 9.52 Å². The summed E-state index contributed by atoms with van der Waals surface area (Å²) in [5.41, 5.74) is 3.36. The first-order valence-corrected chi connectivity index (χ1v) is 7.00. The maximum atomic E-state index is 12.7. The van der Waals surface area contributed by atoms with Gasteiger partial charge in [-0.25, -0.2) is 9.80 Å². The van der Waals surface area contributed by atoms with Crippen molar-refractivity contribution in [1.82, 2.24) is 10.4 Å². The molecule has 2 aromatic rings. The van der Waals surface area contributed by atoms with Crippen molar-refractivity contribution in [3.05, 3.63) is 66.1 Å². The van der Waals surface area contributed by atoms with Crippen molar-refractivity contribution in [1.29, 1.82) is 0 Å². The van der Waals surface area contributed by atoms with Crippen LogP contribution in [0, 0.1) is 0 Å². The number of furan rings is 1. The molecule has 0 saturated carbocycles. The lowest BCUT2D eigenvalue weighted by Gasteiger charge is -2.36. The first-order valence-electron chi connectivity index (χ1n) is 7.00. The van der Waals surface area contributed by atoms with Crippen LogP contribution in [-0.2, 0) is 9.59 Å². The molecule has 8 nitrogen and oxygen atoms in total. The third-order valence-corrected chi connectivity index (χ3v) is 3.35. The summed E-state index contributed by atoms with van der Waals surface area (Å²) < 4.78 is 5.33. The molecule has 8 heteroatoms. The summed E-state index contributed by atoms with van der Waals surface area (Å²) in [5, 5.41) is 12.7. The van der Waals surface area contributed by atoms with E-state index in [0.29, 0.717) is 23.1 Å². The Morgan fingerprint density at radius 1 is 1.21 bits per heavy atom. The predicted octanol–water partition coefficient (Wildman–Crippen LogP) is 1.52. The first kappa shape index (κ1) is 15.3. The van der Waals surface area contributed by atoms with E-state index in [1.54, 1.807) is 36.4 Å². The zero-order chi connectivity index (χ0) is 17.1. The number of amides is 2. The van der Waals surface area contributed by atoms with Gasteiger partial charge in [0.1, 0.15) is 5.76 Å². The quantitative estimate of drug-likeness (QED) is 0.734. The van der Waals surface area contributed by atoms with Gasteiger partial charge in [0.25, 0.3) is 11.8 Å². The normalized spacial score (nSPS) is 16.6. The van der Waals surface area contributed by atoms with Crippen molar-refractivity contribution in [3.8, 4) is 0 Å². The van der Waals surface area contributed by atoms with E-state index in [0.717, 1.165) is 11.1 Å². The van der Waals surface area contributed by atoms with Gasteiger partial charge in [-0.15, -0.1) is 0 Å². The highest BCUT2D eigenvalue weighted by Crippen LogP contribution is 2.31. The SMILES string of the molecule is O=C(O)/C=C\C(=O)NN1C(=O)c2ccccc2NC1c1ccco1. The summed E-state index contributed by atoms with van der Waals surface area (Å²) >= 11 is 0. The van der Waals surface area contributed by atoms with Gasteiger partial charge in [0.15, 0.2) is 6.17 Å². The third-order valence-electron chi connectivity index (χ3n) is 3.35. The standard InChI is InChI=1S/C16H13N3O5/c20-13(7-8-14(21)22)18-19-15(12-6-3-9-24-12)17-11-5-2-1-4-10(11)16(19)23/h1-9,15,17H,(H,18,20)(H,21,22)/b8-7-. The zero-order valence-electron chi connectivity index (χ0n) is 12.3. The Balaban J connectivity index is 1.92. The molecule has 1 aliphatic rings. The van der Waals surface area contributed by atoms with Crippen LogP contribution in [0.25, 0.3) is 0 Å². The number of rotatable bonds is 4. The van der Waals surface area contributed by atoms with Gasteiger partial charge in [0.2, 0.25) is 0 Å². The molecule has 0 bridgehead atoms. The lowest BCUT2D eigenvalue weighted by molar-refractivity contribution is -0.131. The molecular formula is C16H13N3O5. The summed E-state index contributed by atoms with van der Waals surface area (Å²) in [6.07, 6.45) is 2.21. The lowest BCUT2D eigenvalue weighted by atomic mass is 10.1. The van der Waals surface area contributed by atoms with E-state index in [2.05, 4.69) is 10.7 Å². The number of carboxylic acid groups (broad SMARTS) is 1. The number of benzene rings is 1. The second-order valence-electron chi connectivity index (χ2n) is 4.93. The fourth-order valence-corrected chi connectivity index (χ4v) is 2.32. The average Bonchev–Trinajstić information content (AvgIpc) is 3.10. The Labute approximate surface area is 136 Å². The van der Waals surface area contributed by atoms with Crippen molar-refractivity contribution in [2.24, 2.45) is 0 Å². The highest BCUT2D eigenvalue weighted by atomic mass is 16.4. The minimum Gasteiger partial charge on any atom is -0.478 e. The highest BCUT2D eigenvalue weighted by molar-refractivity contribution is 6.03. The highest BCUT2D eigenvalue weighted by Gasteiger charge is 2.35. The van der Waals surface area contributed by atoms with Crippen LogP contribution in [0.5, 0.6) is 0 Å². The number of carbonyl (C=O) groups excluding carboxylic acids is 2. The number of hydrazine groups is 1. The molecule has 1 aliphatic heterocycles. The summed E-state index contributed by atoms with van der Waals surface area (Å²) in [7, 11) is 0. The monoisotopic (exact) mass is 327 g/mol. The van der Waals surface area contributed by atoms with Crippen LogP contribution in [-0.4, -0.2) is 27.9 Å². The molecule has 1 aromatic heterocycles. The van der Waals surface area contributed by atoms with Crippen molar-refractivity contribution < 1.29 is 23.9 Å². The number of nitrogens with zero attached hydrogens (tertiary/aromatic N) is 1. The van der Waals surface area contributed by atoms with E-state index in [9.17, 15) is 14.4 Å². The fraction of sp³-hybridized carbons (Fsp3) is 0.0625. The third kappa shape index (κ3) is 2.98. The predicted molar refractivity (Wildman–Crippen MR) is 82.6 cm³/mol. The molecule has 3 N–H and O–H groups in total. The Hall–Kier alpha value is -3.55. The van der Waals surface area contributed by atoms with Gasteiger partial charge in [-0.3, -0.25) is 15.0 Å². The Bertz CT molecular complexity index is 813. The topological polar surface area (TPSA) is 112 Å². The molecule has 0 spiro atoms. The number of carboxylic acids is 1. The minimum atomic E-state index is -1.26. The van der Waals surface area contributed by atoms with E-state index in [1.807, 2.05) is 0 Å². The molecule has 0 fully saturated rings. The number of hydrogen-bond donors (Lipinski definition) is 3. The number of carbonyl (C=O) groups is 3. The van der Waals surface area contributed by atoms with E-state index in [1.165, 1.54) is 6.26 Å². The number of anilines is 1. The lowest BCUT2D eigenvalue weighted by Crippen LogP contribution is -2.52. The number of nitrogens with one attached hydrogen (secondary N) is 2. The Kier molecular flexibility index (Phi) is 4.02. The first-order chi connectivity index (χ1) is 11.6. The van der Waals surface area contributed by atoms with Crippen molar-refractivity contribution in [2.75, 3.05) is 5.32 Å². The van der Waals surface area contributed by atoms with E-state index < -0.39 is 23.9 Å². The molecule has 1 aromatic carbocycles. The molecule has 2 heterocycles. The van der Waals surface area contributed by atoms with Crippen molar-refractivity contribution >= 4 is 23.5 Å². The maximum Gasteiger partial charge on any atom is 0.328 e. The molecule has 0 saturated heterocycles. The fourth-order valence-electron chi connectivity index (χ4n) is 2.32. The van der Waals surface area contributed by atoms with Crippen LogP contribution in [0.2, 0.25) is 0 Å². The largest absolute Gasteiger partial charge is 0.478 e. The van der Waals surface area contributed by atoms with E-state index >= 15 is 0 Å². The molecule has 122 valence electrons. The summed E-state index contributed by atoms with van der Waals surface area (Å²) in [5.74, 6) is -2.03. The molecule has 1 atom stereocenters. The van der Waals surface area contributed by atoms with Gasteiger partial charge in [0.05, 0.1) is 11.8 Å². The second kappa shape index (κ2) is 6.29. The van der Waals surface area contributed by atoms with Crippen LogP contribution >= 0.6 is 0 Å². The summed E-state index contributed by atoms with van der Waals surface area (Å²) in [6.45, 7) is 0. The Morgan fingerprint density at radius 2 is 2.00 bits per heavy atom. The van der Waals surface area contributed by atoms with Gasteiger partial charge in [0, 0.05) is 17.8 Å². The van der Waals surface area contributed by atoms with E-state index in [-0.39, 0.29) is 0 Å². The zero-order valence-corrected chi connectivity index (χ0v) is 12.3. The molecule has 1 unspecified atom stereocenters. The molecular weight excluding hydrogens is 314 g/mol. The van der Waals surface area contributed by atoms with Crippen LogP contribution in [0.1, 0.15) is 22.3 Å². The summed E-state index contributed by atoms with van der Waals surface area (Å²) in [4.78, 5) is 35.1. The number of para-hydroxylation sites is 1. The molecule has 24 heavy (non-hydrogen) atoms. The van der Waals surface area contributed by atoms with Crippen molar-refractivity contribution in [2.45, 2.75) is 6.17 Å². The van der Waals surface area contributed by atoms with Crippen LogP contribution < -0.4 is 10.7 Å². The minimum absolute atomic E-state index is 0.378.